The molecule has 0 amide bonds. The number of halogens is 1. The molecule has 1 aromatic heterocycles. The lowest BCUT2D eigenvalue weighted by atomic mass is 10.1. The minimum absolute atomic E-state index is 0. The molecular weight excluding hydrogens is 499 g/mol. The largest absolute Gasteiger partial charge is 0.493 e. The van der Waals surface area contributed by atoms with E-state index in [0.29, 0.717) is 6.54 Å². The number of methoxy groups -OCH3 is 2. The summed E-state index contributed by atoms with van der Waals surface area (Å²) in [5.41, 5.74) is 1.15. The maximum absolute atomic E-state index is 5.46. The lowest BCUT2D eigenvalue weighted by Crippen LogP contribution is -2.41. The zero-order chi connectivity index (χ0) is 20.5. The zero-order valence-corrected chi connectivity index (χ0v) is 21.3. The van der Waals surface area contributed by atoms with Gasteiger partial charge in [0.2, 0.25) is 0 Å². The van der Waals surface area contributed by atoms with Crippen molar-refractivity contribution in [1.29, 1.82) is 0 Å². The van der Waals surface area contributed by atoms with E-state index in [4.69, 9.17) is 14.5 Å². The van der Waals surface area contributed by atoms with Crippen LogP contribution in [0.5, 0.6) is 11.5 Å². The number of rotatable bonds is 9. The molecule has 1 aromatic carbocycles. The SMILES string of the molecule is CCNC(=NCc1ccc(C)s1)NCC(c1ccc(OC)c(OC)c1)N(C)C.I. The van der Waals surface area contributed by atoms with Gasteiger partial charge in [0.25, 0.3) is 0 Å². The van der Waals surface area contributed by atoms with Crippen LogP contribution in [0.2, 0.25) is 0 Å². The quantitative estimate of drug-likeness (QED) is 0.290. The second-order valence-electron chi connectivity index (χ2n) is 6.68. The second kappa shape index (κ2) is 12.9. The number of benzene rings is 1. The third kappa shape index (κ3) is 7.67. The van der Waals surface area contributed by atoms with Crippen LogP contribution >= 0.6 is 35.3 Å². The number of likely N-dealkylation sites (N-methyl/N-ethyl adjacent to an activating group) is 1. The minimum Gasteiger partial charge on any atom is -0.493 e. The van der Waals surface area contributed by atoms with Crippen molar-refractivity contribution in [3.8, 4) is 11.5 Å². The van der Waals surface area contributed by atoms with Gasteiger partial charge in [0.15, 0.2) is 17.5 Å². The Balaban J connectivity index is 0.00000420. The molecule has 0 bridgehead atoms. The molecule has 2 N–H and O–H groups in total. The van der Waals surface area contributed by atoms with E-state index in [9.17, 15) is 0 Å². The van der Waals surface area contributed by atoms with Crippen LogP contribution in [-0.2, 0) is 6.54 Å². The molecule has 1 atom stereocenters. The lowest BCUT2D eigenvalue weighted by molar-refractivity contribution is 0.295. The molecular formula is C21H33IN4O2S. The molecule has 8 heteroatoms. The Bertz CT molecular complexity index is 780. The van der Waals surface area contributed by atoms with Crippen molar-refractivity contribution >= 4 is 41.3 Å². The fraction of sp³-hybridized carbons (Fsp3) is 0.476. The molecule has 0 saturated heterocycles. The van der Waals surface area contributed by atoms with Crippen LogP contribution in [0.1, 0.15) is 28.3 Å². The first-order chi connectivity index (χ1) is 13.5. The first-order valence-electron chi connectivity index (χ1n) is 9.44. The van der Waals surface area contributed by atoms with Crippen LogP contribution in [0.3, 0.4) is 0 Å². The number of aryl methyl sites for hydroxylation is 1. The molecule has 0 fully saturated rings. The predicted octanol–water partition coefficient (Wildman–Crippen LogP) is 4.05. The van der Waals surface area contributed by atoms with Gasteiger partial charge in [-0.1, -0.05) is 6.07 Å². The van der Waals surface area contributed by atoms with Crippen molar-refractivity contribution in [2.75, 3.05) is 41.4 Å². The Labute approximate surface area is 195 Å². The van der Waals surface area contributed by atoms with Crippen molar-refractivity contribution in [1.82, 2.24) is 15.5 Å². The zero-order valence-electron chi connectivity index (χ0n) is 18.1. The van der Waals surface area contributed by atoms with Gasteiger partial charge in [0.1, 0.15) is 0 Å². The maximum atomic E-state index is 5.46. The highest BCUT2D eigenvalue weighted by Gasteiger charge is 2.17. The summed E-state index contributed by atoms with van der Waals surface area (Å²) in [4.78, 5) is 9.48. The van der Waals surface area contributed by atoms with Crippen molar-refractivity contribution in [3.63, 3.8) is 0 Å². The monoisotopic (exact) mass is 532 g/mol. The van der Waals surface area contributed by atoms with Crippen molar-refractivity contribution in [2.24, 2.45) is 4.99 Å². The van der Waals surface area contributed by atoms with Gasteiger partial charge in [0, 0.05) is 22.8 Å². The molecule has 6 nitrogen and oxygen atoms in total. The van der Waals surface area contributed by atoms with Gasteiger partial charge in [0.05, 0.1) is 26.8 Å². The summed E-state index contributed by atoms with van der Waals surface area (Å²) < 4.78 is 10.8. The highest BCUT2D eigenvalue weighted by Crippen LogP contribution is 2.31. The molecule has 1 heterocycles. The Hall–Kier alpha value is -1.52. The van der Waals surface area contributed by atoms with Gasteiger partial charge in [-0.05, 0) is 57.8 Å². The van der Waals surface area contributed by atoms with E-state index in [0.717, 1.165) is 36.1 Å². The number of ether oxygens (including phenoxy) is 2. The standard InChI is InChI=1S/C21H32N4O2S.HI/c1-7-22-21(23-13-17-10-8-15(2)28-17)24-14-18(25(3)4)16-9-11-19(26-5)20(12-16)27-6;/h8-12,18H,7,13-14H2,1-6H3,(H2,22,23,24);1H. The van der Waals surface area contributed by atoms with Crippen LogP contribution in [0, 0.1) is 6.92 Å². The van der Waals surface area contributed by atoms with Gasteiger partial charge in [-0.15, -0.1) is 35.3 Å². The molecule has 0 saturated carbocycles. The summed E-state index contributed by atoms with van der Waals surface area (Å²) in [6, 6.07) is 10.5. The molecule has 2 aromatic rings. The van der Waals surface area contributed by atoms with E-state index in [1.165, 1.54) is 9.75 Å². The molecule has 1 unspecified atom stereocenters. The maximum Gasteiger partial charge on any atom is 0.191 e. The van der Waals surface area contributed by atoms with E-state index in [1.54, 1.807) is 25.6 Å². The van der Waals surface area contributed by atoms with Crippen LogP contribution < -0.4 is 20.1 Å². The van der Waals surface area contributed by atoms with Gasteiger partial charge < -0.3 is 25.0 Å². The van der Waals surface area contributed by atoms with Crippen molar-refractivity contribution < 1.29 is 9.47 Å². The first kappa shape index (κ1) is 25.5. The Morgan fingerprint density at radius 1 is 1.10 bits per heavy atom. The van der Waals surface area contributed by atoms with Gasteiger partial charge >= 0.3 is 0 Å². The summed E-state index contributed by atoms with van der Waals surface area (Å²) in [5, 5.41) is 6.80. The average Bonchev–Trinajstić information content (AvgIpc) is 3.10. The molecule has 162 valence electrons. The van der Waals surface area contributed by atoms with E-state index in [2.05, 4.69) is 61.7 Å². The predicted molar refractivity (Wildman–Crippen MR) is 133 cm³/mol. The summed E-state index contributed by atoms with van der Waals surface area (Å²) >= 11 is 1.78. The summed E-state index contributed by atoms with van der Waals surface area (Å²) in [7, 11) is 7.45. The van der Waals surface area contributed by atoms with Gasteiger partial charge in [-0.3, -0.25) is 0 Å². The third-order valence-corrected chi connectivity index (χ3v) is 5.40. The smallest absolute Gasteiger partial charge is 0.191 e. The topological polar surface area (TPSA) is 58.1 Å². The number of nitrogens with zero attached hydrogens (tertiary/aromatic N) is 2. The van der Waals surface area contributed by atoms with Gasteiger partial charge in [-0.25, -0.2) is 4.99 Å². The highest BCUT2D eigenvalue weighted by atomic mass is 127. The minimum atomic E-state index is 0. The Kier molecular flexibility index (Phi) is 11.4. The highest BCUT2D eigenvalue weighted by molar-refractivity contribution is 14.0. The lowest BCUT2D eigenvalue weighted by Gasteiger charge is -2.26. The third-order valence-electron chi connectivity index (χ3n) is 4.41. The van der Waals surface area contributed by atoms with E-state index < -0.39 is 0 Å². The second-order valence-corrected chi connectivity index (χ2v) is 8.05. The van der Waals surface area contributed by atoms with Crippen molar-refractivity contribution in [3.05, 3.63) is 45.6 Å². The van der Waals surface area contributed by atoms with Crippen LogP contribution in [0.15, 0.2) is 35.3 Å². The number of thiophene rings is 1. The molecule has 0 aliphatic heterocycles. The molecule has 0 aliphatic rings. The van der Waals surface area contributed by atoms with Gasteiger partial charge in [-0.2, -0.15) is 0 Å². The van der Waals surface area contributed by atoms with E-state index in [-0.39, 0.29) is 30.0 Å². The molecule has 2 rings (SSSR count). The normalized spacial score (nSPS) is 12.3. The number of hydrogen-bond donors (Lipinski definition) is 2. The van der Waals surface area contributed by atoms with Crippen LogP contribution in [0.25, 0.3) is 0 Å². The summed E-state index contributed by atoms with van der Waals surface area (Å²) in [6.07, 6.45) is 0. The van der Waals surface area contributed by atoms with E-state index >= 15 is 0 Å². The molecule has 0 aliphatic carbocycles. The number of hydrogen-bond acceptors (Lipinski definition) is 5. The fourth-order valence-corrected chi connectivity index (χ4v) is 3.74. The van der Waals surface area contributed by atoms with E-state index in [1.807, 2.05) is 12.1 Å². The summed E-state index contributed by atoms with van der Waals surface area (Å²) in [5.74, 6) is 2.29. The summed E-state index contributed by atoms with van der Waals surface area (Å²) in [6.45, 7) is 6.41. The fourth-order valence-electron chi connectivity index (χ4n) is 2.92. The van der Waals surface area contributed by atoms with Crippen molar-refractivity contribution in [2.45, 2.75) is 26.4 Å². The van der Waals surface area contributed by atoms with Crippen LogP contribution in [-0.4, -0.2) is 52.3 Å². The number of guanidine groups is 1. The molecule has 29 heavy (non-hydrogen) atoms. The average molecular weight is 532 g/mol. The molecule has 0 radical (unpaired) electrons. The Morgan fingerprint density at radius 3 is 2.38 bits per heavy atom. The molecule has 0 spiro atoms. The van der Waals surface area contributed by atoms with Crippen LogP contribution in [0.4, 0.5) is 0 Å². The first-order valence-corrected chi connectivity index (χ1v) is 10.3. The number of aliphatic imine (C=N–C) groups is 1. The Morgan fingerprint density at radius 2 is 1.83 bits per heavy atom. The number of nitrogens with one attached hydrogen (secondary N) is 2.